The summed E-state index contributed by atoms with van der Waals surface area (Å²) in [5.74, 6) is 0. The summed E-state index contributed by atoms with van der Waals surface area (Å²) in [6.45, 7) is 0.723. The number of hydrogen-bond acceptors (Lipinski definition) is 3. The Morgan fingerprint density at radius 1 is 1.18 bits per heavy atom. The molecule has 3 nitrogen and oxygen atoms in total. The van der Waals surface area contributed by atoms with Crippen molar-refractivity contribution >= 4 is 9.84 Å². The summed E-state index contributed by atoms with van der Waals surface area (Å²) in [5.41, 5.74) is 0. The van der Waals surface area contributed by atoms with Crippen LogP contribution in [0.25, 0.3) is 0 Å². The molecule has 1 heterocycles. The molecule has 0 bridgehead atoms. The average Bonchev–Trinajstić information content (AvgIpc) is 2.39. The molecule has 1 aromatic carbocycles. The molecule has 0 N–H and O–H groups in total. The van der Waals surface area contributed by atoms with Gasteiger partial charge in [-0.25, -0.2) is 8.42 Å². The summed E-state index contributed by atoms with van der Waals surface area (Å²) in [5, 5.41) is 1.26. The van der Waals surface area contributed by atoms with Gasteiger partial charge in [-0.15, -0.1) is 0 Å². The van der Waals surface area contributed by atoms with Crippen molar-refractivity contribution in [1.82, 2.24) is 0 Å². The third-order valence-corrected chi connectivity index (χ3v) is 4.20. The van der Waals surface area contributed by atoms with E-state index in [0.29, 0.717) is 4.90 Å². The molecule has 1 aliphatic heterocycles. The fourth-order valence-corrected chi connectivity index (χ4v) is 2.87. The van der Waals surface area contributed by atoms with Gasteiger partial charge in [0.1, 0.15) is 0 Å². The SMILES string of the molecule is O=S(=O)(/C=C/[C@@H]1CCCCO1)c1ccccc1. The quantitative estimate of drug-likeness (QED) is 0.830. The van der Waals surface area contributed by atoms with E-state index in [2.05, 4.69) is 0 Å². The van der Waals surface area contributed by atoms with Crippen LogP contribution in [-0.4, -0.2) is 21.1 Å². The summed E-state index contributed by atoms with van der Waals surface area (Å²) < 4.78 is 29.3. The zero-order valence-corrected chi connectivity index (χ0v) is 10.4. The van der Waals surface area contributed by atoms with Gasteiger partial charge in [-0.3, -0.25) is 0 Å². The minimum atomic E-state index is -3.32. The zero-order valence-electron chi connectivity index (χ0n) is 9.58. The monoisotopic (exact) mass is 252 g/mol. The van der Waals surface area contributed by atoms with Gasteiger partial charge in [-0.2, -0.15) is 0 Å². The van der Waals surface area contributed by atoms with Crippen molar-refractivity contribution < 1.29 is 13.2 Å². The Morgan fingerprint density at radius 3 is 2.59 bits per heavy atom. The Bertz CT molecular complexity index is 471. The Balaban J connectivity index is 2.09. The van der Waals surface area contributed by atoms with Crippen LogP contribution < -0.4 is 0 Å². The molecular formula is C13H16O3S. The summed E-state index contributed by atoms with van der Waals surface area (Å²) in [7, 11) is -3.32. The maximum absolute atomic E-state index is 11.9. The highest BCUT2D eigenvalue weighted by molar-refractivity contribution is 7.94. The maximum Gasteiger partial charge on any atom is 0.199 e. The summed E-state index contributed by atoms with van der Waals surface area (Å²) in [6.07, 6.45) is 4.67. The van der Waals surface area contributed by atoms with Gasteiger partial charge in [0, 0.05) is 12.0 Å². The van der Waals surface area contributed by atoms with Gasteiger partial charge in [0.15, 0.2) is 9.84 Å². The molecule has 0 radical (unpaired) electrons. The van der Waals surface area contributed by atoms with Crippen LogP contribution in [0.1, 0.15) is 19.3 Å². The Hall–Kier alpha value is -1.13. The van der Waals surface area contributed by atoms with E-state index in [1.165, 1.54) is 5.41 Å². The Labute approximate surface area is 102 Å². The molecule has 17 heavy (non-hydrogen) atoms. The van der Waals surface area contributed by atoms with Crippen LogP contribution in [0.3, 0.4) is 0 Å². The van der Waals surface area contributed by atoms with Gasteiger partial charge >= 0.3 is 0 Å². The minimum Gasteiger partial charge on any atom is -0.374 e. The molecule has 4 heteroatoms. The summed E-state index contributed by atoms with van der Waals surface area (Å²) >= 11 is 0. The van der Waals surface area contributed by atoms with Crippen molar-refractivity contribution in [3.63, 3.8) is 0 Å². The fraction of sp³-hybridized carbons (Fsp3) is 0.385. The lowest BCUT2D eigenvalue weighted by Crippen LogP contribution is -2.16. The normalized spacial score (nSPS) is 21.8. The maximum atomic E-state index is 11.9. The zero-order chi connectivity index (χ0) is 12.1. The first-order valence-electron chi connectivity index (χ1n) is 5.78. The van der Waals surface area contributed by atoms with Crippen molar-refractivity contribution in [2.45, 2.75) is 30.3 Å². The molecule has 0 saturated carbocycles. The number of benzene rings is 1. The van der Waals surface area contributed by atoms with E-state index in [1.54, 1.807) is 36.4 Å². The number of rotatable bonds is 3. The van der Waals surface area contributed by atoms with Crippen molar-refractivity contribution in [2.75, 3.05) is 6.61 Å². The highest BCUT2D eigenvalue weighted by atomic mass is 32.2. The molecule has 1 aliphatic rings. The Morgan fingerprint density at radius 2 is 1.94 bits per heavy atom. The smallest absolute Gasteiger partial charge is 0.199 e. The molecular weight excluding hydrogens is 236 g/mol. The van der Waals surface area contributed by atoms with Gasteiger partial charge in [-0.1, -0.05) is 18.2 Å². The van der Waals surface area contributed by atoms with Crippen LogP contribution in [0.2, 0.25) is 0 Å². The van der Waals surface area contributed by atoms with E-state index in [0.717, 1.165) is 25.9 Å². The van der Waals surface area contributed by atoms with Crippen LogP contribution in [-0.2, 0) is 14.6 Å². The van der Waals surface area contributed by atoms with Crippen LogP contribution in [0, 0.1) is 0 Å². The van der Waals surface area contributed by atoms with Crippen molar-refractivity contribution in [3.8, 4) is 0 Å². The first-order chi connectivity index (χ1) is 8.18. The highest BCUT2D eigenvalue weighted by Gasteiger charge is 2.13. The van der Waals surface area contributed by atoms with Crippen molar-refractivity contribution in [3.05, 3.63) is 41.8 Å². The van der Waals surface area contributed by atoms with Gasteiger partial charge < -0.3 is 4.74 Å². The van der Waals surface area contributed by atoms with Gasteiger partial charge in [0.25, 0.3) is 0 Å². The highest BCUT2D eigenvalue weighted by Crippen LogP contribution is 2.16. The molecule has 92 valence electrons. The van der Waals surface area contributed by atoms with E-state index in [-0.39, 0.29) is 6.10 Å². The lowest BCUT2D eigenvalue weighted by molar-refractivity contribution is 0.0467. The first-order valence-corrected chi connectivity index (χ1v) is 7.33. The average molecular weight is 252 g/mol. The van der Waals surface area contributed by atoms with Crippen LogP contribution in [0.4, 0.5) is 0 Å². The Kier molecular flexibility index (Phi) is 3.97. The van der Waals surface area contributed by atoms with E-state index in [4.69, 9.17) is 4.74 Å². The van der Waals surface area contributed by atoms with Gasteiger partial charge in [0.2, 0.25) is 0 Å². The molecule has 0 aromatic heterocycles. The van der Waals surface area contributed by atoms with E-state index in [1.807, 2.05) is 0 Å². The van der Waals surface area contributed by atoms with Gasteiger partial charge in [0.05, 0.1) is 11.0 Å². The lowest BCUT2D eigenvalue weighted by atomic mass is 10.1. The van der Waals surface area contributed by atoms with E-state index in [9.17, 15) is 8.42 Å². The molecule has 1 aromatic rings. The van der Waals surface area contributed by atoms with Crippen LogP contribution in [0.15, 0.2) is 46.7 Å². The molecule has 1 saturated heterocycles. The first kappa shape index (κ1) is 12.3. The number of sulfone groups is 1. The topological polar surface area (TPSA) is 43.4 Å². The van der Waals surface area contributed by atoms with Gasteiger partial charge in [-0.05, 0) is 37.5 Å². The second kappa shape index (κ2) is 5.47. The lowest BCUT2D eigenvalue weighted by Gasteiger charge is -2.18. The third kappa shape index (κ3) is 3.41. The van der Waals surface area contributed by atoms with E-state index >= 15 is 0 Å². The van der Waals surface area contributed by atoms with Crippen molar-refractivity contribution in [2.24, 2.45) is 0 Å². The molecule has 0 aliphatic carbocycles. The van der Waals surface area contributed by atoms with E-state index < -0.39 is 9.84 Å². The second-order valence-electron chi connectivity index (χ2n) is 4.09. The predicted molar refractivity (Wildman–Crippen MR) is 66.4 cm³/mol. The molecule has 0 spiro atoms. The molecule has 1 atom stereocenters. The largest absolute Gasteiger partial charge is 0.374 e. The molecule has 2 rings (SSSR count). The standard InChI is InChI=1S/C13H16O3S/c14-17(15,13-7-2-1-3-8-13)11-9-12-6-4-5-10-16-12/h1-3,7-9,11-12H,4-6,10H2/b11-9+/t12-/m0/s1. The molecule has 0 amide bonds. The van der Waals surface area contributed by atoms with Crippen molar-refractivity contribution in [1.29, 1.82) is 0 Å². The minimum absolute atomic E-state index is 0.0535. The summed E-state index contributed by atoms with van der Waals surface area (Å²) in [4.78, 5) is 0.326. The molecule has 0 unspecified atom stereocenters. The second-order valence-corrected chi connectivity index (χ2v) is 5.93. The number of ether oxygens (including phenoxy) is 1. The van der Waals surface area contributed by atoms with Crippen LogP contribution >= 0.6 is 0 Å². The van der Waals surface area contributed by atoms with Crippen LogP contribution in [0.5, 0.6) is 0 Å². The third-order valence-electron chi connectivity index (χ3n) is 2.76. The summed E-state index contributed by atoms with van der Waals surface area (Å²) in [6, 6.07) is 8.44. The fourth-order valence-electron chi connectivity index (χ4n) is 1.80. The molecule has 1 fully saturated rings. The number of hydrogen-bond donors (Lipinski definition) is 0. The predicted octanol–water partition coefficient (Wildman–Crippen LogP) is 2.54.